The van der Waals surface area contributed by atoms with Crippen LogP contribution in [0.3, 0.4) is 0 Å². The molecular weight excluding hydrogens is 194 g/mol. The normalized spacial score (nSPS) is 8.93. The van der Waals surface area contributed by atoms with Gasteiger partial charge in [-0.25, -0.2) is 9.78 Å². The van der Waals surface area contributed by atoms with Crippen LogP contribution in [0.15, 0.2) is 18.3 Å². The van der Waals surface area contributed by atoms with E-state index < -0.39 is 5.97 Å². The summed E-state index contributed by atoms with van der Waals surface area (Å²) < 4.78 is 4.63. The van der Waals surface area contributed by atoms with E-state index in [2.05, 4.69) is 21.6 Å². The third-order valence-electron chi connectivity index (χ3n) is 1.58. The minimum atomic E-state index is -0.564. The first-order valence-electron chi connectivity index (χ1n) is 4.50. The van der Waals surface area contributed by atoms with Crippen molar-refractivity contribution in [1.29, 1.82) is 0 Å². The minimum absolute atomic E-state index is 0.0570. The van der Waals surface area contributed by atoms with Crippen molar-refractivity contribution in [3.63, 3.8) is 0 Å². The third kappa shape index (κ3) is 3.79. The molecular formula is C11H11NO3. The Balaban J connectivity index is 2.68. The summed E-state index contributed by atoms with van der Waals surface area (Å²) in [5, 5.41) is 8.77. The standard InChI is InChI=1S/C11H11NO3/c1-2-15-11(14)6-5-10-4-3-9(8-13)7-12-10/h3-4,7,13H,2,8H2,1H3. The Morgan fingerprint density at radius 2 is 2.40 bits per heavy atom. The summed E-state index contributed by atoms with van der Waals surface area (Å²) in [5.41, 5.74) is 1.18. The lowest BCUT2D eigenvalue weighted by Crippen LogP contribution is -1.99. The fraction of sp³-hybridized carbons (Fsp3) is 0.273. The summed E-state index contributed by atoms with van der Waals surface area (Å²) in [6.45, 7) is 1.97. The van der Waals surface area contributed by atoms with Crippen LogP contribution in [0.4, 0.5) is 0 Å². The lowest BCUT2D eigenvalue weighted by atomic mass is 10.2. The van der Waals surface area contributed by atoms with Crippen molar-refractivity contribution in [2.75, 3.05) is 6.61 Å². The van der Waals surface area contributed by atoms with E-state index in [1.807, 2.05) is 0 Å². The quantitative estimate of drug-likeness (QED) is 0.564. The first kappa shape index (κ1) is 11.2. The average Bonchev–Trinajstić information content (AvgIpc) is 2.27. The predicted octanol–water partition coefficient (Wildman–Crippen LogP) is 0.489. The van der Waals surface area contributed by atoms with Gasteiger partial charge in [-0.05, 0) is 24.5 Å². The number of carbonyl (C=O) groups excluding carboxylic acids is 1. The molecule has 0 spiro atoms. The SMILES string of the molecule is CCOC(=O)C#Cc1ccc(CO)cn1. The predicted molar refractivity (Wildman–Crippen MR) is 53.7 cm³/mol. The van der Waals surface area contributed by atoms with Gasteiger partial charge in [0.15, 0.2) is 0 Å². The van der Waals surface area contributed by atoms with Crippen LogP contribution in [-0.2, 0) is 16.1 Å². The highest BCUT2D eigenvalue weighted by Crippen LogP contribution is 1.98. The molecule has 0 saturated heterocycles. The molecule has 78 valence electrons. The molecule has 0 aliphatic carbocycles. The number of nitrogens with zero attached hydrogens (tertiary/aromatic N) is 1. The number of aromatic nitrogens is 1. The molecule has 1 aromatic heterocycles. The zero-order chi connectivity index (χ0) is 11.1. The van der Waals surface area contributed by atoms with Crippen LogP contribution in [0.1, 0.15) is 18.2 Å². The summed E-state index contributed by atoms with van der Waals surface area (Å²) in [5.74, 6) is 4.30. The van der Waals surface area contributed by atoms with E-state index in [1.165, 1.54) is 6.20 Å². The number of esters is 1. The van der Waals surface area contributed by atoms with E-state index in [0.717, 1.165) is 0 Å². The van der Waals surface area contributed by atoms with Gasteiger partial charge < -0.3 is 9.84 Å². The summed E-state index contributed by atoms with van der Waals surface area (Å²) in [6.07, 6.45) is 1.51. The van der Waals surface area contributed by atoms with Gasteiger partial charge in [-0.2, -0.15) is 0 Å². The van der Waals surface area contributed by atoms with Crippen molar-refractivity contribution in [3.8, 4) is 11.8 Å². The number of ether oxygens (including phenoxy) is 1. The highest BCUT2D eigenvalue weighted by molar-refractivity contribution is 5.88. The van der Waals surface area contributed by atoms with Gasteiger partial charge in [0.05, 0.1) is 13.2 Å². The third-order valence-corrected chi connectivity index (χ3v) is 1.58. The molecule has 0 fully saturated rings. The second kappa shape index (κ2) is 5.78. The largest absolute Gasteiger partial charge is 0.456 e. The van der Waals surface area contributed by atoms with Crippen LogP contribution >= 0.6 is 0 Å². The van der Waals surface area contributed by atoms with Gasteiger partial charge in [-0.1, -0.05) is 6.07 Å². The molecule has 1 N–H and O–H groups in total. The van der Waals surface area contributed by atoms with Crippen molar-refractivity contribution < 1.29 is 14.6 Å². The Hall–Kier alpha value is -1.86. The van der Waals surface area contributed by atoms with Crippen molar-refractivity contribution in [1.82, 2.24) is 4.98 Å². The number of pyridine rings is 1. The molecule has 15 heavy (non-hydrogen) atoms. The summed E-state index contributed by atoms with van der Waals surface area (Å²) in [6, 6.07) is 3.33. The number of hydrogen-bond acceptors (Lipinski definition) is 4. The van der Waals surface area contributed by atoms with Gasteiger partial charge in [0.2, 0.25) is 0 Å². The first-order chi connectivity index (χ1) is 7.26. The molecule has 0 aromatic carbocycles. The summed E-state index contributed by atoms with van der Waals surface area (Å²) in [7, 11) is 0. The molecule has 0 unspecified atom stereocenters. The Morgan fingerprint density at radius 1 is 1.60 bits per heavy atom. The molecule has 4 heteroatoms. The van der Waals surface area contributed by atoms with Crippen LogP contribution in [0, 0.1) is 11.8 Å². The zero-order valence-corrected chi connectivity index (χ0v) is 8.36. The van der Waals surface area contributed by atoms with Gasteiger partial charge in [-0.15, -0.1) is 0 Å². The number of carbonyl (C=O) groups is 1. The Morgan fingerprint density at radius 3 is 2.93 bits per heavy atom. The summed E-state index contributed by atoms with van der Waals surface area (Å²) >= 11 is 0. The lowest BCUT2D eigenvalue weighted by Gasteiger charge is -1.94. The van der Waals surface area contributed by atoms with E-state index in [0.29, 0.717) is 17.9 Å². The zero-order valence-electron chi connectivity index (χ0n) is 8.36. The topological polar surface area (TPSA) is 59.4 Å². The molecule has 0 radical (unpaired) electrons. The Labute approximate surface area is 87.9 Å². The molecule has 0 bridgehead atoms. The van der Waals surface area contributed by atoms with E-state index in [1.54, 1.807) is 19.1 Å². The van der Waals surface area contributed by atoms with Crippen LogP contribution in [0.5, 0.6) is 0 Å². The fourth-order valence-electron chi connectivity index (χ4n) is 0.874. The maximum atomic E-state index is 10.9. The second-order valence-electron chi connectivity index (χ2n) is 2.68. The highest BCUT2D eigenvalue weighted by Gasteiger charge is 1.94. The second-order valence-corrected chi connectivity index (χ2v) is 2.68. The Kier molecular flexibility index (Phi) is 4.32. The molecule has 0 aliphatic heterocycles. The number of aliphatic hydroxyl groups is 1. The molecule has 0 amide bonds. The van der Waals surface area contributed by atoms with Gasteiger partial charge in [0, 0.05) is 12.1 Å². The maximum absolute atomic E-state index is 10.9. The van der Waals surface area contributed by atoms with E-state index in [9.17, 15) is 4.79 Å². The van der Waals surface area contributed by atoms with Crippen molar-refractivity contribution in [3.05, 3.63) is 29.6 Å². The van der Waals surface area contributed by atoms with E-state index >= 15 is 0 Å². The molecule has 1 aromatic rings. The van der Waals surface area contributed by atoms with Gasteiger partial charge in [-0.3, -0.25) is 0 Å². The van der Waals surface area contributed by atoms with Crippen molar-refractivity contribution >= 4 is 5.97 Å². The average molecular weight is 205 g/mol. The minimum Gasteiger partial charge on any atom is -0.456 e. The lowest BCUT2D eigenvalue weighted by molar-refractivity contribution is -0.136. The summed E-state index contributed by atoms with van der Waals surface area (Å²) in [4.78, 5) is 14.8. The smallest absolute Gasteiger partial charge is 0.384 e. The monoisotopic (exact) mass is 205 g/mol. The van der Waals surface area contributed by atoms with Crippen molar-refractivity contribution in [2.24, 2.45) is 0 Å². The number of rotatable bonds is 2. The molecule has 4 nitrogen and oxygen atoms in total. The molecule has 0 aliphatic rings. The Bertz CT molecular complexity index is 387. The van der Waals surface area contributed by atoms with Crippen LogP contribution < -0.4 is 0 Å². The van der Waals surface area contributed by atoms with Crippen molar-refractivity contribution in [2.45, 2.75) is 13.5 Å². The molecule has 0 saturated carbocycles. The molecule has 0 atom stereocenters. The van der Waals surface area contributed by atoms with Crippen LogP contribution in [0.25, 0.3) is 0 Å². The molecule has 1 heterocycles. The number of hydrogen-bond donors (Lipinski definition) is 1. The van der Waals surface area contributed by atoms with Crippen LogP contribution in [-0.4, -0.2) is 22.7 Å². The first-order valence-corrected chi connectivity index (χ1v) is 4.50. The number of aliphatic hydroxyl groups excluding tert-OH is 1. The van der Waals surface area contributed by atoms with Crippen LogP contribution in [0.2, 0.25) is 0 Å². The fourth-order valence-corrected chi connectivity index (χ4v) is 0.874. The van der Waals surface area contributed by atoms with E-state index in [4.69, 9.17) is 5.11 Å². The molecule has 1 rings (SSSR count). The van der Waals surface area contributed by atoms with Gasteiger partial charge in [0.1, 0.15) is 5.69 Å². The van der Waals surface area contributed by atoms with E-state index in [-0.39, 0.29) is 6.61 Å². The van der Waals surface area contributed by atoms with Gasteiger partial charge >= 0.3 is 5.97 Å². The highest BCUT2D eigenvalue weighted by atomic mass is 16.5. The van der Waals surface area contributed by atoms with Gasteiger partial charge in [0.25, 0.3) is 0 Å². The maximum Gasteiger partial charge on any atom is 0.384 e.